The first-order valence-electron chi connectivity index (χ1n) is 7.28. The Hall–Kier alpha value is -0.710. The van der Waals surface area contributed by atoms with Crippen molar-refractivity contribution in [2.45, 2.75) is 25.8 Å². The van der Waals surface area contributed by atoms with E-state index in [1.165, 1.54) is 6.42 Å². The van der Waals surface area contributed by atoms with Crippen LogP contribution in [0.25, 0.3) is 0 Å². The van der Waals surface area contributed by atoms with Crippen LogP contribution in [-0.2, 0) is 0 Å². The molecule has 1 aromatic carbocycles. The fourth-order valence-corrected chi connectivity index (χ4v) is 3.33. The third-order valence-electron chi connectivity index (χ3n) is 3.98. The number of carbonyl (C=O) groups excluding carboxylic acids is 1. The zero-order valence-corrected chi connectivity index (χ0v) is 13.9. The van der Waals surface area contributed by atoms with Gasteiger partial charge in [-0.05, 0) is 39.5 Å². The number of Topliss-reactive ketones (excluding diaryl/α,β-unsaturated/α-hetero) is 1. The molecule has 1 heterocycles. The lowest BCUT2D eigenvalue weighted by molar-refractivity contribution is 0.0952. The Morgan fingerprint density at radius 1 is 1.35 bits per heavy atom. The Labute approximate surface area is 130 Å². The molecule has 1 aliphatic rings. The molecule has 1 saturated heterocycles. The van der Waals surface area contributed by atoms with Gasteiger partial charge in [0.1, 0.15) is 0 Å². The van der Waals surface area contributed by atoms with Gasteiger partial charge in [0.25, 0.3) is 0 Å². The van der Waals surface area contributed by atoms with Gasteiger partial charge in [0.2, 0.25) is 0 Å². The maximum absolute atomic E-state index is 12.3. The molecule has 0 aliphatic carbocycles. The molecule has 2 rings (SSSR count). The van der Waals surface area contributed by atoms with E-state index in [1.54, 1.807) is 0 Å². The molecule has 110 valence electrons. The zero-order chi connectivity index (χ0) is 14.5. The topological polar surface area (TPSA) is 23.6 Å². The van der Waals surface area contributed by atoms with E-state index in [1.807, 2.05) is 24.3 Å². The van der Waals surface area contributed by atoms with Crippen LogP contribution in [0, 0.1) is 0 Å². The van der Waals surface area contributed by atoms with E-state index in [-0.39, 0.29) is 5.78 Å². The van der Waals surface area contributed by atoms with Crippen molar-refractivity contribution in [2.75, 3.05) is 33.2 Å². The Kier molecular flexibility index (Phi) is 5.75. The lowest BCUT2D eigenvalue weighted by atomic mass is 10.1. The number of likely N-dealkylation sites (N-methyl/N-ethyl adjacent to an activating group) is 1. The van der Waals surface area contributed by atoms with Crippen molar-refractivity contribution in [1.29, 1.82) is 0 Å². The van der Waals surface area contributed by atoms with Crippen molar-refractivity contribution in [2.24, 2.45) is 0 Å². The number of hydrogen-bond acceptors (Lipinski definition) is 3. The van der Waals surface area contributed by atoms with E-state index in [9.17, 15) is 4.79 Å². The fraction of sp³-hybridized carbons (Fsp3) is 0.562. The summed E-state index contributed by atoms with van der Waals surface area (Å²) in [5, 5.41) is 0. The van der Waals surface area contributed by atoms with E-state index in [4.69, 9.17) is 0 Å². The van der Waals surface area contributed by atoms with E-state index < -0.39 is 0 Å². The first-order valence-corrected chi connectivity index (χ1v) is 8.07. The number of halogens is 1. The van der Waals surface area contributed by atoms with Crippen molar-refractivity contribution in [3.05, 3.63) is 34.3 Å². The molecule has 0 bridgehead atoms. The average Bonchev–Trinajstić information content (AvgIpc) is 2.57. The summed E-state index contributed by atoms with van der Waals surface area (Å²) in [5.41, 5.74) is 0.798. The molecule has 0 spiro atoms. The van der Waals surface area contributed by atoms with Crippen LogP contribution < -0.4 is 0 Å². The SMILES string of the molecule is CC1CN(C)CCCN1CCC(=O)c1ccccc1Br. The molecule has 1 atom stereocenters. The van der Waals surface area contributed by atoms with Gasteiger partial charge >= 0.3 is 0 Å². The molecule has 1 aliphatic heterocycles. The summed E-state index contributed by atoms with van der Waals surface area (Å²) in [5.74, 6) is 0.224. The zero-order valence-electron chi connectivity index (χ0n) is 12.3. The molecule has 3 nitrogen and oxygen atoms in total. The minimum absolute atomic E-state index is 0.224. The van der Waals surface area contributed by atoms with Gasteiger partial charge in [0, 0.05) is 35.6 Å². The minimum Gasteiger partial charge on any atom is -0.305 e. The van der Waals surface area contributed by atoms with Gasteiger partial charge in [-0.15, -0.1) is 0 Å². The maximum atomic E-state index is 12.3. The van der Waals surface area contributed by atoms with Crippen LogP contribution >= 0.6 is 15.9 Å². The summed E-state index contributed by atoms with van der Waals surface area (Å²) < 4.78 is 0.897. The van der Waals surface area contributed by atoms with Gasteiger partial charge in [-0.3, -0.25) is 9.69 Å². The van der Waals surface area contributed by atoms with Gasteiger partial charge in [-0.1, -0.05) is 34.1 Å². The van der Waals surface area contributed by atoms with Crippen LogP contribution in [0.15, 0.2) is 28.7 Å². The number of nitrogens with zero attached hydrogens (tertiary/aromatic N) is 2. The van der Waals surface area contributed by atoms with Crippen molar-refractivity contribution in [3.63, 3.8) is 0 Å². The highest BCUT2D eigenvalue weighted by Crippen LogP contribution is 2.18. The molecule has 0 amide bonds. The Bertz CT molecular complexity index is 464. The smallest absolute Gasteiger partial charge is 0.165 e. The Morgan fingerprint density at radius 2 is 2.10 bits per heavy atom. The predicted molar refractivity (Wildman–Crippen MR) is 86.2 cm³/mol. The molecule has 4 heteroatoms. The van der Waals surface area contributed by atoms with Gasteiger partial charge < -0.3 is 4.90 Å². The van der Waals surface area contributed by atoms with Crippen molar-refractivity contribution in [3.8, 4) is 0 Å². The number of benzene rings is 1. The van der Waals surface area contributed by atoms with Crippen molar-refractivity contribution >= 4 is 21.7 Å². The second-order valence-corrected chi connectivity index (χ2v) is 6.51. The highest BCUT2D eigenvalue weighted by atomic mass is 79.9. The number of rotatable bonds is 4. The van der Waals surface area contributed by atoms with Crippen LogP contribution in [0.1, 0.15) is 30.1 Å². The monoisotopic (exact) mass is 338 g/mol. The molecule has 1 fully saturated rings. The first kappa shape index (κ1) is 15.7. The Balaban J connectivity index is 1.91. The Morgan fingerprint density at radius 3 is 2.85 bits per heavy atom. The number of ketones is 1. The fourth-order valence-electron chi connectivity index (χ4n) is 2.82. The van der Waals surface area contributed by atoms with Crippen LogP contribution in [0.5, 0.6) is 0 Å². The molecular weight excluding hydrogens is 316 g/mol. The summed E-state index contributed by atoms with van der Waals surface area (Å²) in [7, 11) is 2.17. The summed E-state index contributed by atoms with van der Waals surface area (Å²) in [6.07, 6.45) is 1.78. The van der Waals surface area contributed by atoms with Crippen molar-refractivity contribution < 1.29 is 4.79 Å². The second kappa shape index (κ2) is 7.34. The van der Waals surface area contributed by atoms with Crippen LogP contribution in [0.4, 0.5) is 0 Å². The second-order valence-electron chi connectivity index (χ2n) is 5.65. The number of hydrogen-bond donors (Lipinski definition) is 0. The first-order chi connectivity index (χ1) is 9.58. The van der Waals surface area contributed by atoms with Crippen LogP contribution in [0.2, 0.25) is 0 Å². The van der Waals surface area contributed by atoms with Gasteiger partial charge in [-0.2, -0.15) is 0 Å². The lowest BCUT2D eigenvalue weighted by Crippen LogP contribution is -2.39. The minimum atomic E-state index is 0.224. The lowest BCUT2D eigenvalue weighted by Gasteiger charge is -2.27. The van der Waals surface area contributed by atoms with Gasteiger partial charge in [0.05, 0.1) is 0 Å². The molecular formula is C16H23BrN2O. The van der Waals surface area contributed by atoms with Gasteiger partial charge in [0.15, 0.2) is 5.78 Å². The number of carbonyl (C=O) groups is 1. The molecule has 0 saturated carbocycles. The molecule has 0 aromatic heterocycles. The van der Waals surface area contributed by atoms with E-state index in [0.717, 1.165) is 36.2 Å². The third kappa shape index (κ3) is 4.14. The molecule has 1 aromatic rings. The largest absolute Gasteiger partial charge is 0.305 e. The van der Waals surface area contributed by atoms with Crippen molar-refractivity contribution in [1.82, 2.24) is 9.80 Å². The quantitative estimate of drug-likeness (QED) is 0.788. The summed E-state index contributed by atoms with van der Waals surface area (Å²) in [6, 6.07) is 8.20. The van der Waals surface area contributed by atoms with E-state index >= 15 is 0 Å². The third-order valence-corrected chi connectivity index (χ3v) is 4.68. The highest BCUT2D eigenvalue weighted by molar-refractivity contribution is 9.10. The van der Waals surface area contributed by atoms with Crippen LogP contribution in [0.3, 0.4) is 0 Å². The predicted octanol–water partition coefficient (Wildman–Crippen LogP) is 3.05. The molecule has 0 radical (unpaired) electrons. The average molecular weight is 339 g/mol. The van der Waals surface area contributed by atoms with E-state index in [2.05, 4.69) is 39.7 Å². The molecule has 1 unspecified atom stereocenters. The summed E-state index contributed by atoms with van der Waals surface area (Å²) in [6.45, 7) is 6.44. The standard InChI is InChI=1S/C16H23BrN2O/c1-13-12-18(2)9-5-10-19(13)11-8-16(20)14-6-3-4-7-15(14)17/h3-4,6-7,13H,5,8-12H2,1-2H3. The van der Waals surface area contributed by atoms with E-state index in [0.29, 0.717) is 12.5 Å². The normalized spacial score (nSPS) is 21.6. The molecule has 0 N–H and O–H groups in total. The maximum Gasteiger partial charge on any atom is 0.165 e. The molecule has 20 heavy (non-hydrogen) atoms. The highest BCUT2D eigenvalue weighted by Gasteiger charge is 2.20. The van der Waals surface area contributed by atoms with Gasteiger partial charge in [-0.25, -0.2) is 0 Å². The van der Waals surface area contributed by atoms with Crippen LogP contribution in [-0.4, -0.2) is 54.9 Å². The summed E-state index contributed by atoms with van der Waals surface area (Å²) in [4.78, 5) is 17.1. The summed E-state index contributed by atoms with van der Waals surface area (Å²) >= 11 is 3.45.